The van der Waals surface area contributed by atoms with Crippen molar-refractivity contribution in [2.45, 2.75) is 33.2 Å². The van der Waals surface area contributed by atoms with Crippen LogP contribution in [0.1, 0.15) is 33.1 Å². The Labute approximate surface area is 156 Å². The number of rotatable bonds is 6. The van der Waals surface area contributed by atoms with E-state index in [1.165, 1.54) is 0 Å². The summed E-state index contributed by atoms with van der Waals surface area (Å²) < 4.78 is 6.92. The first-order valence-electron chi connectivity index (χ1n) is 8.57. The molecule has 0 fully saturated rings. The zero-order valence-electron chi connectivity index (χ0n) is 15.4. The molecule has 2 heterocycles. The van der Waals surface area contributed by atoms with Crippen LogP contribution in [0, 0.1) is 20.8 Å². The summed E-state index contributed by atoms with van der Waals surface area (Å²) in [6.07, 6.45) is 0.211. The molecule has 1 atom stereocenters. The lowest BCUT2D eigenvalue weighted by Gasteiger charge is -2.15. The molecule has 0 bridgehead atoms. The van der Waals surface area contributed by atoms with Crippen LogP contribution in [-0.4, -0.2) is 32.7 Å². The van der Waals surface area contributed by atoms with Gasteiger partial charge < -0.3 is 14.9 Å². The van der Waals surface area contributed by atoms with Crippen molar-refractivity contribution in [1.29, 1.82) is 0 Å². The summed E-state index contributed by atoms with van der Waals surface area (Å²) in [5.74, 6) is -0.260. The first kappa shape index (κ1) is 18.4. The molecule has 0 saturated carbocycles. The lowest BCUT2D eigenvalue weighted by Crippen LogP contribution is -2.42. The number of hydrogen-bond donors (Lipinski definition) is 2. The highest BCUT2D eigenvalue weighted by Gasteiger charge is 2.24. The van der Waals surface area contributed by atoms with Gasteiger partial charge in [-0.25, -0.2) is 4.79 Å². The minimum atomic E-state index is -1.08. The van der Waals surface area contributed by atoms with Crippen molar-refractivity contribution in [2.24, 2.45) is 0 Å². The summed E-state index contributed by atoms with van der Waals surface area (Å²) >= 11 is 0. The molecule has 1 aromatic carbocycles. The van der Waals surface area contributed by atoms with Gasteiger partial charge in [0.1, 0.15) is 11.8 Å². The van der Waals surface area contributed by atoms with Crippen molar-refractivity contribution in [1.82, 2.24) is 15.0 Å². The van der Waals surface area contributed by atoms with E-state index in [9.17, 15) is 14.7 Å². The number of benzene rings is 1. The number of aliphatic carboxylic acids is 1. The molecule has 1 amide bonds. The molecule has 1 unspecified atom stereocenters. The van der Waals surface area contributed by atoms with E-state index in [4.69, 9.17) is 4.52 Å². The molecule has 3 rings (SSSR count). The largest absolute Gasteiger partial charge is 0.480 e. The van der Waals surface area contributed by atoms with Gasteiger partial charge in [-0.3, -0.25) is 9.36 Å². The van der Waals surface area contributed by atoms with Crippen molar-refractivity contribution in [3.05, 3.63) is 70.7 Å². The van der Waals surface area contributed by atoms with Crippen molar-refractivity contribution in [3.8, 4) is 5.82 Å². The van der Waals surface area contributed by atoms with Crippen molar-refractivity contribution < 1.29 is 19.2 Å². The normalized spacial score (nSPS) is 12.0. The third-order valence-electron chi connectivity index (χ3n) is 4.41. The van der Waals surface area contributed by atoms with Crippen LogP contribution in [0.25, 0.3) is 5.82 Å². The van der Waals surface area contributed by atoms with Crippen LogP contribution in [0.2, 0.25) is 0 Å². The molecule has 3 aromatic rings. The van der Waals surface area contributed by atoms with Gasteiger partial charge in [0.2, 0.25) is 0 Å². The molecule has 0 radical (unpaired) electrons. The first-order chi connectivity index (χ1) is 12.9. The van der Waals surface area contributed by atoms with E-state index in [1.54, 1.807) is 30.5 Å². The molecular weight excluding hydrogens is 346 g/mol. The molecule has 2 aromatic heterocycles. The number of carbonyl (C=O) groups is 2. The van der Waals surface area contributed by atoms with Gasteiger partial charge in [0.15, 0.2) is 5.82 Å². The Morgan fingerprint density at radius 1 is 1.19 bits per heavy atom. The number of nitrogens with one attached hydrogen (secondary N) is 1. The average molecular weight is 367 g/mol. The highest BCUT2D eigenvalue weighted by Crippen LogP contribution is 2.21. The Balaban J connectivity index is 1.83. The highest BCUT2D eigenvalue weighted by molar-refractivity contribution is 5.98. The van der Waals surface area contributed by atoms with Crippen LogP contribution in [0.3, 0.4) is 0 Å². The van der Waals surface area contributed by atoms with Gasteiger partial charge in [-0.05, 0) is 32.4 Å². The summed E-state index contributed by atoms with van der Waals surface area (Å²) in [6, 6.07) is 11.7. The van der Waals surface area contributed by atoms with Crippen LogP contribution in [0.15, 0.2) is 47.0 Å². The van der Waals surface area contributed by atoms with E-state index in [1.807, 2.05) is 37.3 Å². The lowest BCUT2D eigenvalue weighted by molar-refractivity contribution is -0.139. The van der Waals surface area contributed by atoms with Gasteiger partial charge >= 0.3 is 5.97 Å². The van der Waals surface area contributed by atoms with Crippen LogP contribution < -0.4 is 5.32 Å². The molecule has 0 aliphatic rings. The number of carboxylic acid groups (broad SMARTS) is 1. The summed E-state index contributed by atoms with van der Waals surface area (Å²) in [5, 5.41) is 16.1. The van der Waals surface area contributed by atoms with Crippen LogP contribution >= 0.6 is 0 Å². The number of hydrogen-bond acceptors (Lipinski definition) is 4. The highest BCUT2D eigenvalue weighted by atomic mass is 16.5. The second-order valence-electron chi connectivity index (χ2n) is 6.47. The molecule has 0 aliphatic heterocycles. The quantitative estimate of drug-likeness (QED) is 0.698. The van der Waals surface area contributed by atoms with E-state index in [0.29, 0.717) is 22.8 Å². The Morgan fingerprint density at radius 2 is 1.89 bits per heavy atom. The minimum absolute atomic E-state index is 0.211. The Morgan fingerprint density at radius 3 is 2.48 bits per heavy atom. The molecule has 0 saturated heterocycles. The van der Waals surface area contributed by atoms with E-state index < -0.39 is 17.9 Å². The van der Waals surface area contributed by atoms with Crippen LogP contribution in [-0.2, 0) is 11.2 Å². The molecule has 7 heteroatoms. The van der Waals surface area contributed by atoms with Crippen molar-refractivity contribution in [3.63, 3.8) is 0 Å². The van der Waals surface area contributed by atoms with E-state index >= 15 is 0 Å². The topological polar surface area (TPSA) is 97.4 Å². The second-order valence-corrected chi connectivity index (χ2v) is 6.47. The third-order valence-corrected chi connectivity index (χ3v) is 4.41. The number of aryl methyl sites for hydroxylation is 2. The first-order valence-corrected chi connectivity index (χ1v) is 8.57. The van der Waals surface area contributed by atoms with Crippen LogP contribution in [0.5, 0.6) is 0 Å². The Bertz CT molecular complexity index is 973. The number of carboxylic acids is 1. The zero-order valence-corrected chi connectivity index (χ0v) is 15.4. The van der Waals surface area contributed by atoms with E-state index in [2.05, 4.69) is 10.5 Å². The maximum Gasteiger partial charge on any atom is 0.326 e. The zero-order chi connectivity index (χ0) is 19.6. The fraction of sp³-hybridized carbons (Fsp3) is 0.250. The fourth-order valence-corrected chi connectivity index (χ4v) is 3.09. The van der Waals surface area contributed by atoms with Gasteiger partial charge in [-0.1, -0.05) is 35.5 Å². The van der Waals surface area contributed by atoms with Gasteiger partial charge in [0.05, 0.1) is 5.56 Å². The molecule has 27 heavy (non-hydrogen) atoms. The number of amides is 1. The number of carbonyl (C=O) groups excluding carboxylic acids is 1. The maximum atomic E-state index is 12.7. The lowest BCUT2D eigenvalue weighted by atomic mass is 10.1. The maximum absolute atomic E-state index is 12.7. The minimum Gasteiger partial charge on any atom is -0.480 e. The molecular formula is C20H21N3O4. The Kier molecular flexibility index (Phi) is 5.12. The van der Waals surface area contributed by atoms with Crippen molar-refractivity contribution >= 4 is 11.9 Å². The number of aromatic nitrogens is 2. The molecule has 7 nitrogen and oxygen atoms in total. The van der Waals surface area contributed by atoms with E-state index in [0.717, 1.165) is 11.3 Å². The summed E-state index contributed by atoms with van der Waals surface area (Å²) in [6.45, 7) is 5.44. The Hall–Kier alpha value is -3.35. The molecule has 140 valence electrons. The van der Waals surface area contributed by atoms with Crippen molar-refractivity contribution in [2.75, 3.05) is 0 Å². The monoisotopic (exact) mass is 367 g/mol. The molecule has 0 spiro atoms. The second kappa shape index (κ2) is 7.49. The van der Waals surface area contributed by atoms with Gasteiger partial charge in [0, 0.05) is 23.9 Å². The van der Waals surface area contributed by atoms with Gasteiger partial charge in [-0.15, -0.1) is 0 Å². The van der Waals surface area contributed by atoms with E-state index in [-0.39, 0.29) is 6.42 Å². The predicted octanol–water partition coefficient (Wildman–Crippen LogP) is 2.82. The smallest absolute Gasteiger partial charge is 0.326 e. The van der Waals surface area contributed by atoms with Crippen LogP contribution in [0.4, 0.5) is 0 Å². The molecule has 0 aliphatic carbocycles. The summed E-state index contributed by atoms with van der Waals surface area (Å²) in [5.41, 5.74) is 2.73. The molecule has 2 N–H and O–H groups in total. The van der Waals surface area contributed by atoms with Gasteiger partial charge in [-0.2, -0.15) is 0 Å². The third kappa shape index (κ3) is 3.92. The SMILES string of the molecule is Cc1cc(-n2c(C)cc(C(=O)NC(Cc3ccccc3)C(=O)O)c2C)no1. The summed E-state index contributed by atoms with van der Waals surface area (Å²) in [4.78, 5) is 24.4. The predicted molar refractivity (Wildman–Crippen MR) is 99.1 cm³/mol. The fourth-order valence-electron chi connectivity index (χ4n) is 3.09. The van der Waals surface area contributed by atoms with Gasteiger partial charge in [0.25, 0.3) is 5.91 Å². The average Bonchev–Trinajstić information content (AvgIpc) is 3.17. The number of nitrogens with zero attached hydrogens (tertiary/aromatic N) is 2. The summed E-state index contributed by atoms with van der Waals surface area (Å²) in [7, 11) is 0. The standard InChI is InChI=1S/C20H21N3O4/c1-12-9-16(14(3)23(12)18-10-13(2)27-22-18)19(24)21-17(20(25)26)11-15-7-5-4-6-8-15/h4-10,17H,11H2,1-3H3,(H,21,24)(H,25,26).